The number of benzene rings is 6. The molecule has 0 saturated heterocycles. The molecule has 11 rings (SSSR count). The molecule has 1 heteroatoms. The lowest BCUT2D eigenvalue weighted by molar-refractivity contribution is 0.660. The Morgan fingerprint density at radius 2 is 1.09 bits per heavy atom. The van der Waals surface area contributed by atoms with Crippen LogP contribution < -0.4 is 4.90 Å². The maximum absolute atomic E-state index is 2.53. The topological polar surface area (TPSA) is 3.24 Å². The Morgan fingerprint density at radius 3 is 1.84 bits per heavy atom. The third-order valence-electron chi connectivity index (χ3n) is 9.82. The third-order valence-corrected chi connectivity index (χ3v) is 9.82. The van der Waals surface area contributed by atoms with E-state index >= 15 is 0 Å². The van der Waals surface area contributed by atoms with Crippen LogP contribution in [-0.2, 0) is 31.1 Å². The number of para-hydroxylation sites is 1. The molecule has 0 heterocycles. The highest BCUT2D eigenvalue weighted by Gasteiger charge is 2.38. The van der Waals surface area contributed by atoms with Crippen molar-refractivity contribution in [1.29, 1.82) is 0 Å². The highest BCUT2D eigenvalue weighted by atomic mass is 15.1. The molecule has 5 aliphatic rings. The van der Waals surface area contributed by atoms with E-state index in [1.807, 2.05) is 0 Å². The van der Waals surface area contributed by atoms with Gasteiger partial charge in [0, 0.05) is 22.5 Å². The molecule has 5 aliphatic carbocycles. The van der Waals surface area contributed by atoms with Crippen LogP contribution in [0.3, 0.4) is 0 Å². The predicted octanol–water partition coefficient (Wildman–Crippen LogP) is 11.0. The van der Waals surface area contributed by atoms with Crippen molar-refractivity contribution in [2.45, 2.75) is 44.9 Å². The second-order valence-electron chi connectivity index (χ2n) is 12.9. The lowest BCUT2D eigenvalue weighted by Crippen LogP contribution is -2.18. The van der Waals surface area contributed by atoms with E-state index < -0.39 is 0 Å². The van der Waals surface area contributed by atoms with E-state index in [1.165, 1.54) is 72.7 Å². The van der Waals surface area contributed by atoms with Gasteiger partial charge in [0.25, 0.3) is 0 Å². The van der Waals surface area contributed by atoms with Crippen LogP contribution in [0, 0.1) is 0 Å². The Bertz CT molecular complexity index is 1970. The predicted molar refractivity (Wildman–Crippen MR) is 185 cm³/mol. The van der Waals surface area contributed by atoms with Gasteiger partial charge in [-0.05, 0) is 112 Å². The highest BCUT2D eigenvalue weighted by molar-refractivity contribution is 5.96. The van der Waals surface area contributed by atoms with E-state index in [9.17, 15) is 0 Å². The zero-order chi connectivity index (χ0) is 29.7. The SMILES string of the molecule is CC1(C)c2ccccc2-c2c(-c3ccccc3)cc(N(c3ccccc3)c3cc4ccc3CCc3ccc(cc3)CC4)cc21. The van der Waals surface area contributed by atoms with Crippen molar-refractivity contribution in [3.05, 3.63) is 173 Å². The molecular formula is C43H37N. The molecule has 0 saturated carbocycles. The monoisotopic (exact) mass is 567 g/mol. The van der Waals surface area contributed by atoms with Gasteiger partial charge in [-0.3, -0.25) is 0 Å². The first kappa shape index (κ1) is 26.7. The second kappa shape index (κ2) is 10.7. The molecule has 0 radical (unpaired) electrons. The summed E-state index contributed by atoms with van der Waals surface area (Å²) in [5.41, 5.74) is 17.2. The molecule has 0 spiro atoms. The number of fused-ring (bicyclic) bond motifs is 3. The molecule has 6 aromatic rings. The highest BCUT2D eigenvalue weighted by Crippen LogP contribution is 2.54. The minimum atomic E-state index is -0.110. The van der Waals surface area contributed by atoms with E-state index in [0.717, 1.165) is 25.7 Å². The van der Waals surface area contributed by atoms with Crippen LogP contribution in [-0.4, -0.2) is 0 Å². The summed E-state index contributed by atoms with van der Waals surface area (Å²) in [5.74, 6) is 0. The Morgan fingerprint density at radius 1 is 0.477 bits per heavy atom. The van der Waals surface area contributed by atoms with Gasteiger partial charge in [0.2, 0.25) is 0 Å². The van der Waals surface area contributed by atoms with E-state index in [4.69, 9.17) is 0 Å². The molecule has 0 aliphatic heterocycles. The van der Waals surface area contributed by atoms with Crippen molar-refractivity contribution < 1.29 is 0 Å². The number of aryl methyl sites for hydroxylation is 4. The molecule has 0 aromatic heterocycles. The Balaban J connectivity index is 1.38. The molecule has 0 atom stereocenters. The Labute approximate surface area is 261 Å². The van der Waals surface area contributed by atoms with Crippen molar-refractivity contribution in [1.82, 2.24) is 0 Å². The first-order chi connectivity index (χ1) is 21.6. The van der Waals surface area contributed by atoms with Crippen molar-refractivity contribution in [3.8, 4) is 22.3 Å². The van der Waals surface area contributed by atoms with Crippen LogP contribution in [0.5, 0.6) is 0 Å². The standard InChI is InChI=1S/C43H37N/c1-43(2)39-16-10-9-15-37(39)42-38(33-11-5-3-6-12-33)28-36(29-40(42)43)44(35-13-7-4-8-14-35)41-27-32-22-21-30-17-19-31(20-18-30)23-25-34(41)26-24-32/h3-20,24,26-29H,21-23,25H2,1-2H3. The van der Waals surface area contributed by atoms with Gasteiger partial charge in [0.15, 0.2) is 0 Å². The average Bonchev–Trinajstić information content (AvgIpc) is 3.30. The molecule has 1 nitrogen and oxygen atoms in total. The molecule has 0 amide bonds. The quantitative estimate of drug-likeness (QED) is 0.205. The maximum atomic E-state index is 2.53. The zero-order valence-electron chi connectivity index (χ0n) is 25.6. The van der Waals surface area contributed by atoms with Gasteiger partial charge >= 0.3 is 0 Å². The summed E-state index contributed by atoms with van der Waals surface area (Å²) in [6.07, 6.45) is 4.09. The van der Waals surface area contributed by atoms with Gasteiger partial charge in [-0.2, -0.15) is 0 Å². The fourth-order valence-electron chi connectivity index (χ4n) is 7.40. The summed E-state index contributed by atoms with van der Waals surface area (Å²) in [7, 11) is 0. The Hall–Kier alpha value is -4.88. The van der Waals surface area contributed by atoms with Crippen LogP contribution in [0.15, 0.2) is 140 Å². The van der Waals surface area contributed by atoms with Crippen molar-refractivity contribution in [2.75, 3.05) is 4.90 Å². The largest absolute Gasteiger partial charge is 0.310 e. The summed E-state index contributed by atoms with van der Waals surface area (Å²) < 4.78 is 0. The summed E-state index contributed by atoms with van der Waals surface area (Å²) >= 11 is 0. The van der Waals surface area contributed by atoms with Gasteiger partial charge < -0.3 is 4.90 Å². The van der Waals surface area contributed by atoms with Crippen LogP contribution in [0.1, 0.15) is 47.2 Å². The summed E-state index contributed by atoms with van der Waals surface area (Å²) in [6.45, 7) is 4.77. The maximum Gasteiger partial charge on any atom is 0.0496 e. The van der Waals surface area contributed by atoms with Crippen molar-refractivity contribution >= 4 is 17.1 Å². The molecule has 0 unspecified atom stereocenters. The van der Waals surface area contributed by atoms with Gasteiger partial charge in [-0.15, -0.1) is 0 Å². The van der Waals surface area contributed by atoms with Gasteiger partial charge in [-0.25, -0.2) is 0 Å². The van der Waals surface area contributed by atoms with E-state index in [2.05, 4.69) is 158 Å². The molecule has 6 aromatic carbocycles. The van der Waals surface area contributed by atoms with Crippen LogP contribution in [0.4, 0.5) is 17.1 Å². The summed E-state index contributed by atoms with van der Waals surface area (Å²) in [5, 5.41) is 0. The smallest absolute Gasteiger partial charge is 0.0496 e. The molecule has 0 fully saturated rings. The van der Waals surface area contributed by atoms with Gasteiger partial charge in [0.05, 0.1) is 0 Å². The first-order valence-corrected chi connectivity index (χ1v) is 15.9. The van der Waals surface area contributed by atoms with Crippen LogP contribution >= 0.6 is 0 Å². The number of hydrogen-bond donors (Lipinski definition) is 0. The van der Waals surface area contributed by atoms with Gasteiger partial charge in [0.1, 0.15) is 0 Å². The van der Waals surface area contributed by atoms with Crippen LogP contribution in [0.2, 0.25) is 0 Å². The molecule has 214 valence electrons. The molecule has 0 N–H and O–H groups in total. The van der Waals surface area contributed by atoms with E-state index in [-0.39, 0.29) is 5.41 Å². The summed E-state index contributed by atoms with van der Waals surface area (Å²) in [6, 6.07) is 52.3. The number of anilines is 3. The third kappa shape index (κ3) is 4.55. The average molecular weight is 568 g/mol. The molecule has 44 heavy (non-hydrogen) atoms. The van der Waals surface area contributed by atoms with Crippen molar-refractivity contribution in [3.63, 3.8) is 0 Å². The van der Waals surface area contributed by atoms with Crippen LogP contribution in [0.25, 0.3) is 22.3 Å². The number of hydrogen-bond acceptors (Lipinski definition) is 1. The molecule has 4 bridgehead atoms. The fraction of sp³-hybridized carbons (Fsp3) is 0.163. The second-order valence-corrected chi connectivity index (χ2v) is 12.9. The van der Waals surface area contributed by atoms with E-state index in [0.29, 0.717) is 0 Å². The lowest BCUT2D eigenvalue weighted by Gasteiger charge is -2.31. The first-order valence-electron chi connectivity index (χ1n) is 15.9. The number of nitrogens with zero attached hydrogens (tertiary/aromatic N) is 1. The normalized spacial score (nSPS) is 14.4. The van der Waals surface area contributed by atoms with Crippen molar-refractivity contribution in [2.24, 2.45) is 0 Å². The summed E-state index contributed by atoms with van der Waals surface area (Å²) in [4.78, 5) is 2.53. The van der Waals surface area contributed by atoms with E-state index in [1.54, 1.807) is 0 Å². The van der Waals surface area contributed by atoms with Gasteiger partial charge in [-0.1, -0.05) is 123 Å². The Kier molecular flexibility index (Phi) is 6.49. The zero-order valence-corrected chi connectivity index (χ0v) is 25.6. The lowest BCUT2D eigenvalue weighted by atomic mass is 9.81. The minimum Gasteiger partial charge on any atom is -0.310 e. The fourth-order valence-corrected chi connectivity index (χ4v) is 7.40. The number of rotatable bonds is 4. The minimum absolute atomic E-state index is 0.110. The molecular weight excluding hydrogens is 530 g/mol.